The minimum atomic E-state index is -0.0342. The second kappa shape index (κ2) is 10.4. The molecule has 0 spiro atoms. The minimum absolute atomic E-state index is 0.0342. The number of halogens is 1. The van der Waals surface area contributed by atoms with E-state index in [1.165, 1.54) is 0 Å². The number of nitrogens with one attached hydrogen (secondary N) is 2. The smallest absolute Gasteiger partial charge is 0.238 e. The monoisotopic (exact) mass is 366 g/mol. The Labute approximate surface area is 154 Å². The van der Waals surface area contributed by atoms with E-state index in [4.69, 9.17) is 11.6 Å². The topological polar surface area (TPSA) is 64.7 Å². The summed E-state index contributed by atoms with van der Waals surface area (Å²) in [5.41, 5.74) is 0.747. The Hall–Kier alpha value is -1.63. The zero-order chi connectivity index (χ0) is 18.1. The van der Waals surface area contributed by atoms with Crippen LogP contribution in [0.3, 0.4) is 0 Å². The van der Waals surface area contributed by atoms with Crippen molar-refractivity contribution in [3.63, 3.8) is 0 Å². The number of hydrogen-bond acceptors (Lipinski definition) is 4. The number of nitrogens with zero attached hydrogens (tertiary/aromatic N) is 2. The van der Waals surface area contributed by atoms with Gasteiger partial charge in [-0.15, -0.1) is 0 Å². The van der Waals surface area contributed by atoms with E-state index >= 15 is 0 Å². The number of amides is 2. The molecule has 6 nitrogen and oxygen atoms in total. The Morgan fingerprint density at radius 3 is 2.12 bits per heavy atom. The van der Waals surface area contributed by atoms with Gasteiger partial charge in [-0.2, -0.15) is 0 Å². The van der Waals surface area contributed by atoms with Crippen LogP contribution in [0, 0.1) is 0 Å². The van der Waals surface area contributed by atoms with Gasteiger partial charge in [-0.25, -0.2) is 0 Å². The highest BCUT2D eigenvalue weighted by Crippen LogP contribution is 2.13. The molecule has 0 aromatic heterocycles. The molecular weight excluding hydrogens is 340 g/mol. The van der Waals surface area contributed by atoms with Crippen LogP contribution in [0.5, 0.6) is 0 Å². The molecule has 1 saturated heterocycles. The summed E-state index contributed by atoms with van der Waals surface area (Å²) < 4.78 is 0. The summed E-state index contributed by atoms with van der Waals surface area (Å²) in [6.07, 6.45) is 2.10. The molecule has 0 aliphatic carbocycles. The fourth-order valence-electron chi connectivity index (χ4n) is 2.71. The fourth-order valence-corrected chi connectivity index (χ4v) is 2.83. The van der Waals surface area contributed by atoms with Crippen LogP contribution in [0.1, 0.15) is 19.8 Å². The maximum Gasteiger partial charge on any atom is 0.238 e. The number of rotatable bonds is 8. The molecule has 2 amide bonds. The third-order valence-electron chi connectivity index (χ3n) is 4.18. The van der Waals surface area contributed by atoms with Crippen molar-refractivity contribution in [1.82, 2.24) is 15.1 Å². The van der Waals surface area contributed by atoms with Crippen molar-refractivity contribution in [2.24, 2.45) is 0 Å². The zero-order valence-electron chi connectivity index (χ0n) is 14.8. The van der Waals surface area contributed by atoms with Gasteiger partial charge < -0.3 is 10.6 Å². The first-order chi connectivity index (χ1) is 12.1. The van der Waals surface area contributed by atoms with E-state index in [-0.39, 0.29) is 11.8 Å². The number of carbonyl (C=O) groups is 2. The number of anilines is 1. The van der Waals surface area contributed by atoms with Crippen LogP contribution in [0.2, 0.25) is 5.02 Å². The number of hydrogen-bond donors (Lipinski definition) is 2. The molecule has 0 radical (unpaired) electrons. The van der Waals surface area contributed by atoms with Crippen LogP contribution in [0.4, 0.5) is 5.69 Å². The average Bonchev–Trinajstić information content (AvgIpc) is 2.59. The average molecular weight is 367 g/mol. The van der Waals surface area contributed by atoms with Crippen LogP contribution >= 0.6 is 11.6 Å². The number of piperazine rings is 1. The first-order valence-corrected chi connectivity index (χ1v) is 9.21. The minimum Gasteiger partial charge on any atom is -0.355 e. The highest BCUT2D eigenvalue weighted by Gasteiger charge is 2.20. The van der Waals surface area contributed by atoms with Gasteiger partial charge in [-0.05, 0) is 30.7 Å². The molecule has 0 bridgehead atoms. The number of unbranched alkanes of at least 4 members (excludes halogenated alkanes) is 1. The number of carbonyl (C=O) groups excluding carboxylic acids is 2. The largest absolute Gasteiger partial charge is 0.355 e. The second-order valence-electron chi connectivity index (χ2n) is 6.31. The van der Waals surface area contributed by atoms with E-state index in [9.17, 15) is 9.59 Å². The van der Waals surface area contributed by atoms with E-state index in [1.807, 2.05) is 0 Å². The summed E-state index contributed by atoms with van der Waals surface area (Å²) in [4.78, 5) is 28.2. The molecule has 1 heterocycles. The van der Waals surface area contributed by atoms with Gasteiger partial charge in [0.1, 0.15) is 0 Å². The predicted molar refractivity (Wildman–Crippen MR) is 101 cm³/mol. The predicted octanol–water partition coefficient (Wildman–Crippen LogP) is 1.81. The molecule has 1 aromatic carbocycles. The van der Waals surface area contributed by atoms with Gasteiger partial charge >= 0.3 is 0 Å². The highest BCUT2D eigenvalue weighted by atomic mass is 35.5. The van der Waals surface area contributed by atoms with Crippen molar-refractivity contribution in [2.45, 2.75) is 19.8 Å². The quantitative estimate of drug-likeness (QED) is 0.689. The van der Waals surface area contributed by atoms with Crippen LogP contribution in [-0.2, 0) is 9.59 Å². The molecule has 1 aliphatic rings. The van der Waals surface area contributed by atoms with Crippen LogP contribution in [-0.4, -0.2) is 67.4 Å². The van der Waals surface area contributed by atoms with Gasteiger partial charge in [0, 0.05) is 43.4 Å². The highest BCUT2D eigenvalue weighted by molar-refractivity contribution is 6.30. The molecule has 0 unspecified atom stereocenters. The van der Waals surface area contributed by atoms with Gasteiger partial charge in [0.15, 0.2) is 0 Å². The maximum atomic E-state index is 12.1. The lowest BCUT2D eigenvalue weighted by molar-refractivity contribution is -0.123. The molecule has 0 saturated carbocycles. The molecule has 138 valence electrons. The summed E-state index contributed by atoms with van der Waals surface area (Å²) in [6.45, 7) is 6.83. The van der Waals surface area contributed by atoms with E-state index in [2.05, 4.69) is 27.4 Å². The summed E-state index contributed by atoms with van der Waals surface area (Å²) in [7, 11) is 0. The summed E-state index contributed by atoms with van der Waals surface area (Å²) in [6, 6.07) is 7.08. The molecule has 2 N–H and O–H groups in total. The summed E-state index contributed by atoms with van der Waals surface area (Å²) >= 11 is 5.83. The van der Waals surface area contributed by atoms with Crippen molar-refractivity contribution >= 4 is 29.1 Å². The first-order valence-electron chi connectivity index (χ1n) is 8.83. The molecule has 1 aliphatic heterocycles. The molecule has 1 fully saturated rings. The number of benzene rings is 1. The normalized spacial score (nSPS) is 15.8. The molecular formula is C18H27ClN4O2. The van der Waals surface area contributed by atoms with Crippen LogP contribution in [0.15, 0.2) is 24.3 Å². The van der Waals surface area contributed by atoms with E-state index in [0.29, 0.717) is 18.1 Å². The van der Waals surface area contributed by atoms with Gasteiger partial charge in [-0.1, -0.05) is 24.9 Å². The van der Waals surface area contributed by atoms with E-state index < -0.39 is 0 Å². The molecule has 1 aromatic rings. The lowest BCUT2D eigenvalue weighted by Gasteiger charge is -2.33. The summed E-state index contributed by atoms with van der Waals surface area (Å²) in [5, 5.41) is 6.46. The Bertz CT molecular complexity index is 557. The third kappa shape index (κ3) is 7.42. The first kappa shape index (κ1) is 19.7. The van der Waals surface area contributed by atoms with Crippen molar-refractivity contribution < 1.29 is 9.59 Å². The standard InChI is InChI=1S/C18H27ClN4O2/c1-2-3-8-20-17(24)13-22-9-11-23(12-10-22)14-18(25)21-16-6-4-15(19)5-7-16/h4-7H,2-3,8-14H2,1H3,(H,20,24)(H,21,25). The van der Waals surface area contributed by atoms with Crippen molar-refractivity contribution in [1.29, 1.82) is 0 Å². The Morgan fingerprint density at radius 1 is 1.00 bits per heavy atom. The Balaban J connectivity index is 1.65. The van der Waals surface area contributed by atoms with Crippen molar-refractivity contribution in [3.8, 4) is 0 Å². The Morgan fingerprint density at radius 2 is 1.56 bits per heavy atom. The Kier molecular flexibility index (Phi) is 8.18. The van der Waals surface area contributed by atoms with E-state index in [0.717, 1.165) is 51.3 Å². The fraction of sp³-hybridized carbons (Fsp3) is 0.556. The van der Waals surface area contributed by atoms with Gasteiger partial charge in [0.25, 0.3) is 0 Å². The lowest BCUT2D eigenvalue weighted by Crippen LogP contribution is -2.51. The lowest BCUT2D eigenvalue weighted by atomic mass is 10.3. The van der Waals surface area contributed by atoms with E-state index in [1.54, 1.807) is 24.3 Å². The summed E-state index contributed by atoms with van der Waals surface area (Å²) in [5.74, 6) is 0.0514. The van der Waals surface area contributed by atoms with Gasteiger partial charge in [0.2, 0.25) is 11.8 Å². The van der Waals surface area contributed by atoms with Crippen LogP contribution in [0.25, 0.3) is 0 Å². The second-order valence-corrected chi connectivity index (χ2v) is 6.75. The van der Waals surface area contributed by atoms with Crippen molar-refractivity contribution in [3.05, 3.63) is 29.3 Å². The maximum absolute atomic E-state index is 12.1. The van der Waals surface area contributed by atoms with Gasteiger partial charge in [-0.3, -0.25) is 19.4 Å². The zero-order valence-corrected chi connectivity index (χ0v) is 15.5. The third-order valence-corrected chi connectivity index (χ3v) is 4.43. The molecule has 7 heteroatoms. The van der Waals surface area contributed by atoms with Crippen molar-refractivity contribution in [2.75, 3.05) is 51.1 Å². The molecule has 2 rings (SSSR count). The van der Waals surface area contributed by atoms with Gasteiger partial charge in [0.05, 0.1) is 13.1 Å². The van der Waals surface area contributed by atoms with Crippen LogP contribution < -0.4 is 10.6 Å². The molecule has 0 atom stereocenters. The molecule has 25 heavy (non-hydrogen) atoms. The SMILES string of the molecule is CCCCNC(=O)CN1CCN(CC(=O)Nc2ccc(Cl)cc2)CC1.